The van der Waals surface area contributed by atoms with Gasteiger partial charge in [0.25, 0.3) is 0 Å². The molecule has 0 aromatic rings. The maximum atomic E-state index is 11.9. The minimum absolute atomic E-state index is 0.105. The Balaban J connectivity index is 2.39. The van der Waals surface area contributed by atoms with Crippen molar-refractivity contribution in [3.8, 4) is 0 Å². The van der Waals surface area contributed by atoms with Crippen molar-refractivity contribution >= 4 is 5.91 Å². The highest BCUT2D eigenvalue weighted by Gasteiger charge is 2.28. The third-order valence-electron chi connectivity index (χ3n) is 3.81. The molecule has 0 bridgehead atoms. The summed E-state index contributed by atoms with van der Waals surface area (Å²) in [6.07, 6.45) is 3.42. The summed E-state index contributed by atoms with van der Waals surface area (Å²) in [7, 11) is 0. The van der Waals surface area contributed by atoms with Crippen LogP contribution in [0, 0.1) is 0 Å². The molecule has 106 valence electrons. The van der Waals surface area contributed by atoms with Crippen LogP contribution in [0.1, 0.15) is 47.0 Å². The molecule has 0 aliphatic carbocycles. The van der Waals surface area contributed by atoms with Crippen molar-refractivity contribution in [1.29, 1.82) is 0 Å². The molecular formula is C14H28N2O2. The number of ether oxygens (including phenoxy) is 1. The van der Waals surface area contributed by atoms with Gasteiger partial charge in [0.1, 0.15) is 6.61 Å². The van der Waals surface area contributed by atoms with Crippen molar-refractivity contribution in [1.82, 2.24) is 10.2 Å². The van der Waals surface area contributed by atoms with Crippen molar-refractivity contribution in [3.05, 3.63) is 0 Å². The predicted octanol–water partition coefficient (Wildman–Crippen LogP) is 1.79. The van der Waals surface area contributed by atoms with Gasteiger partial charge in [0.05, 0.1) is 6.10 Å². The SMILES string of the molecule is CCC1NC(C)CCC1OCC(=O)N(CC)CC. The summed E-state index contributed by atoms with van der Waals surface area (Å²) in [5, 5.41) is 3.55. The van der Waals surface area contributed by atoms with Crippen molar-refractivity contribution in [2.45, 2.75) is 65.1 Å². The average molecular weight is 256 g/mol. The van der Waals surface area contributed by atoms with Gasteiger partial charge in [-0.05, 0) is 40.0 Å². The van der Waals surface area contributed by atoms with E-state index in [0.717, 1.165) is 32.4 Å². The molecule has 0 saturated carbocycles. The van der Waals surface area contributed by atoms with Crippen LogP contribution in [0.15, 0.2) is 0 Å². The van der Waals surface area contributed by atoms with E-state index in [-0.39, 0.29) is 18.6 Å². The highest BCUT2D eigenvalue weighted by Crippen LogP contribution is 2.18. The van der Waals surface area contributed by atoms with Crippen molar-refractivity contribution in [2.75, 3.05) is 19.7 Å². The Morgan fingerprint density at radius 2 is 1.94 bits per heavy atom. The second kappa shape index (κ2) is 7.74. The number of piperidine rings is 1. The molecule has 18 heavy (non-hydrogen) atoms. The zero-order chi connectivity index (χ0) is 13.5. The number of carbonyl (C=O) groups is 1. The van der Waals surface area contributed by atoms with Crippen LogP contribution in [-0.4, -0.2) is 48.7 Å². The molecule has 0 aromatic heterocycles. The normalized spacial score (nSPS) is 28.1. The first-order valence-electron chi connectivity index (χ1n) is 7.27. The van der Waals surface area contributed by atoms with Gasteiger partial charge >= 0.3 is 0 Å². The number of likely N-dealkylation sites (N-methyl/N-ethyl adjacent to an activating group) is 1. The van der Waals surface area contributed by atoms with E-state index in [2.05, 4.69) is 19.2 Å². The Hall–Kier alpha value is -0.610. The monoisotopic (exact) mass is 256 g/mol. The summed E-state index contributed by atoms with van der Waals surface area (Å²) >= 11 is 0. The Labute approximate surface area is 111 Å². The summed E-state index contributed by atoms with van der Waals surface area (Å²) in [6.45, 7) is 10.1. The van der Waals surface area contributed by atoms with Gasteiger partial charge < -0.3 is 15.0 Å². The van der Waals surface area contributed by atoms with Crippen LogP contribution in [0.5, 0.6) is 0 Å². The average Bonchev–Trinajstić information content (AvgIpc) is 2.38. The highest BCUT2D eigenvalue weighted by molar-refractivity contribution is 5.77. The Morgan fingerprint density at radius 1 is 1.28 bits per heavy atom. The number of carbonyl (C=O) groups excluding carboxylic acids is 1. The van der Waals surface area contributed by atoms with E-state index < -0.39 is 0 Å². The van der Waals surface area contributed by atoms with E-state index >= 15 is 0 Å². The first-order valence-corrected chi connectivity index (χ1v) is 7.27. The zero-order valence-corrected chi connectivity index (χ0v) is 12.2. The van der Waals surface area contributed by atoms with E-state index in [4.69, 9.17) is 4.74 Å². The largest absolute Gasteiger partial charge is 0.367 e. The van der Waals surface area contributed by atoms with Crippen LogP contribution in [-0.2, 0) is 9.53 Å². The molecule has 1 aliphatic rings. The van der Waals surface area contributed by atoms with Gasteiger partial charge in [-0.1, -0.05) is 6.92 Å². The van der Waals surface area contributed by atoms with E-state index in [1.165, 1.54) is 0 Å². The van der Waals surface area contributed by atoms with Crippen LogP contribution >= 0.6 is 0 Å². The minimum Gasteiger partial charge on any atom is -0.367 e. The molecule has 1 heterocycles. The fourth-order valence-electron chi connectivity index (χ4n) is 2.60. The number of hydrogen-bond donors (Lipinski definition) is 1. The quantitative estimate of drug-likeness (QED) is 0.788. The molecule has 1 saturated heterocycles. The Kier molecular flexibility index (Phi) is 6.65. The molecule has 1 aliphatic heterocycles. The van der Waals surface area contributed by atoms with E-state index in [1.807, 2.05) is 18.7 Å². The highest BCUT2D eigenvalue weighted by atomic mass is 16.5. The zero-order valence-electron chi connectivity index (χ0n) is 12.2. The first kappa shape index (κ1) is 15.4. The fraction of sp³-hybridized carbons (Fsp3) is 0.929. The molecule has 3 atom stereocenters. The second-order valence-corrected chi connectivity index (χ2v) is 5.08. The fourth-order valence-corrected chi connectivity index (χ4v) is 2.60. The maximum Gasteiger partial charge on any atom is 0.248 e. The molecule has 1 amide bonds. The molecule has 1 N–H and O–H groups in total. The number of amides is 1. The molecule has 0 aromatic carbocycles. The summed E-state index contributed by atoms with van der Waals surface area (Å²) in [6, 6.07) is 0.950. The lowest BCUT2D eigenvalue weighted by atomic mass is 9.95. The van der Waals surface area contributed by atoms with Gasteiger partial charge in [0.2, 0.25) is 5.91 Å². The van der Waals surface area contributed by atoms with Crippen molar-refractivity contribution in [3.63, 3.8) is 0 Å². The van der Waals surface area contributed by atoms with Crippen LogP contribution in [0.25, 0.3) is 0 Å². The third kappa shape index (κ3) is 4.25. The third-order valence-corrected chi connectivity index (χ3v) is 3.81. The smallest absolute Gasteiger partial charge is 0.248 e. The molecular weight excluding hydrogens is 228 g/mol. The topological polar surface area (TPSA) is 41.6 Å². The van der Waals surface area contributed by atoms with Crippen LogP contribution in [0.4, 0.5) is 0 Å². The standard InChI is InChI=1S/C14H28N2O2/c1-5-12-13(9-8-11(4)15-12)18-10-14(17)16(6-2)7-3/h11-13,15H,5-10H2,1-4H3. The molecule has 1 rings (SSSR count). The second-order valence-electron chi connectivity index (χ2n) is 5.08. The summed E-state index contributed by atoms with van der Waals surface area (Å²) in [5.74, 6) is 0.105. The van der Waals surface area contributed by atoms with E-state index in [9.17, 15) is 4.79 Å². The lowest BCUT2D eigenvalue weighted by Crippen LogP contribution is -2.50. The summed E-state index contributed by atoms with van der Waals surface area (Å²) in [4.78, 5) is 13.7. The van der Waals surface area contributed by atoms with Crippen LogP contribution in [0.2, 0.25) is 0 Å². The number of nitrogens with zero attached hydrogens (tertiary/aromatic N) is 1. The molecule has 3 unspecified atom stereocenters. The van der Waals surface area contributed by atoms with E-state index in [1.54, 1.807) is 0 Å². The minimum atomic E-state index is 0.105. The molecule has 0 radical (unpaired) electrons. The Bertz CT molecular complexity index is 254. The summed E-state index contributed by atoms with van der Waals surface area (Å²) < 4.78 is 5.83. The lowest BCUT2D eigenvalue weighted by Gasteiger charge is -2.35. The van der Waals surface area contributed by atoms with Gasteiger partial charge in [-0.2, -0.15) is 0 Å². The molecule has 1 fully saturated rings. The Morgan fingerprint density at radius 3 is 2.50 bits per heavy atom. The van der Waals surface area contributed by atoms with Gasteiger partial charge in [0, 0.05) is 25.2 Å². The predicted molar refractivity (Wildman–Crippen MR) is 73.6 cm³/mol. The van der Waals surface area contributed by atoms with Gasteiger partial charge in [-0.15, -0.1) is 0 Å². The molecule has 4 nitrogen and oxygen atoms in total. The number of nitrogens with one attached hydrogen (secondary N) is 1. The number of rotatable bonds is 6. The lowest BCUT2D eigenvalue weighted by molar-refractivity contribution is -0.139. The van der Waals surface area contributed by atoms with Gasteiger partial charge in [-0.25, -0.2) is 0 Å². The van der Waals surface area contributed by atoms with Gasteiger partial charge in [0.15, 0.2) is 0 Å². The van der Waals surface area contributed by atoms with Gasteiger partial charge in [-0.3, -0.25) is 4.79 Å². The summed E-state index contributed by atoms with van der Waals surface area (Å²) in [5.41, 5.74) is 0. The first-order chi connectivity index (χ1) is 8.62. The van der Waals surface area contributed by atoms with Crippen LogP contribution in [0.3, 0.4) is 0 Å². The number of hydrogen-bond acceptors (Lipinski definition) is 3. The van der Waals surface area contributed by atoms with Crippen molar-refractivity contribution in [2.24, 2.45) is 0 Å². The van der Waals surface area contributed by atoms with E-state index in [0.29, 0.717) is 12.1 Å². The van der Waals surface area contributed by atoms with Crippen LogP contribution < -0.4 is 5.32 Å². The maximum absolute atomic E-state index is 11.9. The molecule has 4 heteroatoms. The van der Waals surface area contributed by atoms with Crippen molar-refractivity contribution < 1.29 is 9.53 Å². The molecule has 0 spiro atoms.